The average molecular weight is 299 g/mol. The molecule has 1 atom stereocenters. The highest BCUT2D eigenvalue weighted by atomic mass is 19.1. The van der Waals surface area contributed by atoms with E-state index in [1.165, 1.54) is 12.1 Å². The molecular weight excluding hydrogens is 285 g/mol. The Hall–Kier alpha value is -2.68. The molecule has 1 aliphatic carbocycles. The van der Waals surface area contributed by atoms with Gasteiger partial charge in [0.05, 0.1) is 11.8 Å². The van der Waals surface area contributed by atoms with Crippen molar-refractivity contribution < 1.29 is 14.3 Å². The molecule has 0 aliphatic heterocycles. The third-order valence-electron chi connectivity index (χ3n) is 4.01. The van der Waals surface area contributed by atoms with E-state index in [0.29, 0.717) is 17.7 Å². The van der Waals surface area contributed by atoms with Crippen LogP contribution in [0.5, 0.6) is 0 Å². The van der Waals surface area contributed by atoms with Gasteiger partial charge in [-0.1, -0.05) is 0 Å². The first-order chi connectivity index (χ1) is 10.6. The highest BCUT2D eigenvalue weighted by Gasteiger charge is 2.31. The molecule has 1 aromatic carbocycles. The maximum Gasteiger partial charge on any atom is 0.356 e. The monoisotopic (exact) mass is 299 g/mol. The molecule has 1 unspecified atom stereocenters. The number of halogens is 1. The lowest BCUT2D eigenvalue weighted by Crippen LogP contribution is -2.13. The quantitative estimate of drug-likeness (QED) is 0.944. The SMILES string of the molecule is N#CCC1CCCc2c1c(C(=O)O)nn2-c1ccc(F)cc1. The summed E-state index contributed by atoms with van der Waals surface area (Å²) in [6.07, 6.45) is 2.65. The molecule has 0 bridgehead atoms. The lowest BCUT2D eigenvalue weighted by molar-refractivity contribution is 0.0688. The van der Waals surface area contributed by atoms with Crippen molar-refractivity contribution in [1.82, 2.24) is 9.78 Å². The number of hydrogen-bond acceptors (Lipinski definition) is 3. The zero-order valence-corrected chi connectivity index (χ0v) is 11.8. The first kappa shape index (κ1) is 14.3. The Balaban J connectivity index is 2.17. The number of carboxylic acids is 1. The van der Waals surface area contributed by atoms with E-state index >= 15 is 0 Å². The molecule has 1 N–H and O–H groups in total. The number of rotatable bonds is 3. The molecule has 0 radical (unpaired) electrons. The van der Waals surface area contributed by atoms with Gasteiger partial charge < -0.3 is 5.11 Å². The van der Waals surface area contributed by atoms with Gasteiger partial charge in [-0.3, -0.25) is 0 Å². The van der Waals surface area contributed by atoms with E-state index in [2.05, 4.69) is 11.2 Å². The van der Waals surface area contributed by atoms with E-state index in [1.54, 1.807) is 16.8 Å². The molecule has 0 amide bonds. The lowest BCUT2D eigenvalue weighted by atomic mass is 9.83. The van der Waals surface area contributed by atoms with Gasteiger partial charge in [0.25, 0.3) is 0 Å². The average Bonchev–Trinajstić information content (AvgIpc) is 2.89. The summed E-state index contributed by atoms with van der Waals surface area (Å²) in [6, 6.07) is 7.90. The lowest BCUT2D eigenvalue weighted by Gasteiger charge is -2.21. The molecule has 22 heavy (non-hydrogen) atoms. The molecule has 0 fully saturated rings. The van der Waals surface area contributed by atoms with Crippen LogP contribution in [0.15, 0.2) is 24.3 Å². The van der Waals surface area contributed by atoms with Crippen molar-refractivity contribution in [1.29, 1.82) is 5.26 Å². The van der Waals surface area contributed by atoms with E-state index in [4.69, 9.17) is 5.26 Å². The number of benzene rings is 1. The second kappa shape index (κ2) is 5.60. The number of hydrogen-bond donors (Lipinski definition) is 1. The molecule has 112 valence electrons. The summed E-state index contributed by atoms with van der Waals surface area (Å²) >= 11 is 0. The zero-order chi connectivity index (χ0) is 15.7. The molecule has 0 saturated heterocycles. The van der Waals surface area contributed by atoms with Gasteiger partial charge in [0, 0.05) is 23.6 Å². The Kier molecular flexibility index (Phi) is 3.63. The minimum absolute atomic E-state index is 0.000671. The molecule has 1 aromatic heterocycles. The van der Waals surface area contributed by atoms with E-state index in [0.717, 1.165) is 18.5 Å². The maximum absolute atomic E-state index is 13.1. The molecule has 1 heterocycles. The molecular formula is C16H14FN3O2. The van der Waals surface area contributed by atoms with Gasteiger partial charge in [-0.2, -0.15) is 10.4 Å². The van der Waals surface area contributed by atoms with Crippen LogP contribution < -0.4 is 0 Å². The summed E-state index contributed by atoms with van der Waals surface area (Å²) in [6.45, 7) is 0. The Morgan fingerprint density at radius 1 is 1.45 bits per heavy atom. The van der Waals surface area contributed by atoms with Gasteiger partial charge in [0.15, 0.2) is 5.69 Å². The van der Waals surface area contributed by atoms with Crippen LogP contribution in [0.4, 0.5) is 4.39 Å². The second-order valence-electron chi connectivity index (χ2n) is 5.35. The van der Waals surface area contributed by atoms with Crippen LogP contribution in [0.25, 0.3) is 5.69 Å². The van der Waals surface area contributed by atoms with E-state index < -0.39 is 5.97 Å². The van der Waals surface area contributed by atoms with Gasteiger partial charge in [-0.25, -0.2) is 13.9 Å². The predicted octanol–water partition coefficient (Wildman–Crippen LogP) is 3.04. The second-order valence-corrected chi connectivity index (χ2v) is 5.35. The highest BCUT2D eigenvalue weighted by Crippen LogP contribution is 2.37. The number of carbonyl (C=O) groups is 1. The standard InChI is InChI=1S/C16H14FN3O2/c17-11-4-6-12(7-5-11)20-13-3-1-2-10(8-9-18)14(13)15(19-20)16(21)22/h4-7,10H,1-3,8H2,(H,21,22). The van der Waals surface area contributed by atoms with E-state index in [1.807, 2.05) is 0 Å². The summed E-state index contributed by atoms with van der Waals surface area (Å²) in [5, 5.41) is 22.6. The first-order valence-electron chi connectivity index (χ1n) is 7.09. The van der Waals surface area contributed by atoms with Crippen LogP contribution in [0.3, 0.4) is 0 Å². The molecule has 0 saturated carbocycles. The maximum atomic E-state index is 13.1. The number of fused-ring (bicyclic) bond motifs is 1. The minimum atomic E-state index is -1.10. The summed E-state index contributed by atoms with van der Waals surface area (Å²) in [5.74, 6) is -1.55. The Morgan fingerprint density at radius 3 is 2.82 bits per heavy atom. The van der Waals surface area contributed by atoms with Gasteiger partial charge in [-0.15, -0.1) is 0 Å². The molecule has 2 aromatic rings. The van der Waals surface area contributed by atoms with Gasteiger partial charge in [0.1, 0.15) is 5.82 Å². The number of nitrogens with zero attached hydrogens (tertiary/aromatic N) is 3. The minimum Gasteiger partial charge on any atom is -0.476 e. The van der Waals surface area contributed by atoms with E-state index in [-0.39, 0.29) is 23.8 Å². The molecule has 6 heteroatoms. The van der Waals surface area contributed by atoms with Gasteiger partial charge in [-0.05, 0) is 43.5 Å². The van der Waals surface area contributed by atoms with Crippen molar-refractivity contribution in [3.05, 3.63) is 47.0 Å². The first-order valence-corrected chi connectivity index (χ1v) is 7.09. The molecule has 3 rings (SSSR count). The Bertz CT molecular complexity index is 759. The topological polar surface area (TPSA) is 78.9 Å². The smallest absolute Gasteiger partial charge is 0.356 e. The van der Waals surface area contributed by atoms with Crippen LogP contribution in [0.1, 0.15) is 46.9 Å². The van der Waals surface area contributed by atoms with Crippen LogP contribution in [0, 0.1) is 17.1 Å². The Labute approximate surface area is 126 Å². The van der Waals surface area contributed by atoms with Crippen molar-refractivity contribution >= 4 is 5.97 Å². The summed E-state index contributed by atoms with van der Waals surface area (Å²) in [4.78, 5) is 11.5. The molecule has 5 nitrogen and oxygen atoms in total. The highest BCUT2D eigenvalue weighted by molar-refractivity contribution is 5.88. The van der Waals surface area contributed by atoms with Gasteiger partial charge >= 0.3 is 5.97 Å². The fourth-order valence-corrected chi connectivity index (χ4v) is 3.06. The molecule has 1 aliphatic rings. The Morgan fingerprint density at radius 2 is 2.18 bits per heavy atom. The summed E-state index contributed by atoms with van der Waals surface area (Å²) in [7, 11) is 0. The fraction of sp³-hybridized carbons (Fsp3) is 0.312. The van der Waals surface area contributed by atoms with Crippen LogP contribution in [-0.2, 0) is 6.42 Å². The van der Waals surface area contributed by atoms with Gasteiger partial charge in [0.2, 0.25) is 0 Å². The number of aromatic nitrogens is 2. The molecule has 0 spiro atoms. The predicted molar refractivity (Wildman–Crippen MR) is 76.4 cm³/mol. The number of nitriles is 1. The van der Waals surface area contributed by atoms with Crippen molar-refractivity contribution in [2.75, 3.05) is 0 Å². The summed E-state index contributed by atoms with van der Waals surface area (Å²) < 4.78 is 14.6. The normalized spacial score (nSPS) is 16.8. The number of carboxylic acid groups (broad SMARTS) is 1. The third-order valence-corrected chi connectivity index (χ3v) is 4.01. The number of aromatic carboxylic acids is 1. The van der Waals surface area contributed by atoms with Crippen molar-refractivity contribution in [3.8, 4) is 11.8 Å². The van der Waals surface area contributed by atoms with Crippen molar-refractivity contribution in [2.45, 2.75) is 31.6 Å². The third kappa shape index (κ3) is 2.35. The van der Waals surface area contributed by atoms with Crippen molar-refractivity contribution in [3.63, 3.8) is 0 Å². The summed E-state index contributed by atoms with van der Waals surface area (Å²) in [5.41, 5.74) is 2.10. The zero-order valence-electron chi connectivity index (χ0n) is 11.8. The van der Waals surface area contributed by atoms with Crippen LogP contribution in [-0.4, -0.2) is 20.9 Å². The van der Waals surface area contributed by atoms with E-state index in [9.17, 15) is 14.3 Å². The van der Waals surface area contributed by atoms with Crippen LogP contribution in [0.2, 0.25) is 0 Å². The largest absolute Gasteiger partial charge is 0.476 e. The fourth-order valence-electron chi connectivity index (χ4n) is 3.06. The van der Waals surface area contributed by atoms with Crippen molar-refractivity contribution in [2.24, 2.45) is 0 Å². The van der Waals surface area contributed by atoms with Crippen LogP contribution >= 0.6 is 0 Å².